The van der Waals surface area contributed by atoms with Crippen LogP contribution < -0.4 is 5.32 Å². The molecule has 1 aromatic rings. The van der Waals surface area contributed by atoms with Gasteiger partial charge in [0.25, 0.3) is 5.91 Å². The van der Waals surface area contributed by atoms with Crippen molar-refractivity contribution in [1.82, 2.24) is 5.32 Å². The first-order valence-corrected chi connectivity index (χ1v) is 7.36. The molecule has 92 valence electrons. The van der Waals surface area contributed by atoms with Gasteiger partial charge in [0.15, 0.2) is 0 Å². The number of benzene rings is 1. The highest BCUT2D eigenvalue weighted by atomic mass is 79.9. The SMILES string of the molecule is O=C(NCC1CCCS1)c1ccc(F)cc1Br. The molecule has 1 N–H and O–H groups in total. The number of carbonyl (C=O) groups is 1. The molecule has 0 aliphatic carbocycles. The van der Waals surface area contributed by atoms with Crippen LogP contribution in [0.4, 0.5) is 4.39 Å². The second kappa shape index (κ2) is 5.87. The third kappa shape index (κ3) is 3.45. The van der Waals surface area contributed by atoms with Gasteiger partial charge in [-0.3, -0.25) is 4.79 Å². The van der Waals surface area contributed by atoms with Gasteiger partial charge in [-0.05, 0) is 52.7 Å². The Morgan fingerprint density at radius 3 is 3.06 bits per heavy atom. The monoisotopic (exact) mass is 317 g/mol. The predicted octanol–water partition coefficient (Wildman–Crippen LogP) is 3.21. The zero-order chi connectivity index (χ0) is 12.3. The number of hydrogen-bond acceptors (Lipinski definition) is 2. The standard InChI is InChI=1S/C12H13BrFNOS/c13-11-6-8(14)3-4-10(11)12(16)15-7-9-2-1-5-17-9/h3-4,6,9H,1-2,5,7H2,(H,15,16). The summed E-state index contributed by atoms with van der Waals surface area (Å²) in [7, 11) is 0. The molecule has 5 heteroatoms. The van der Waals surface area contributed by atoms with Crippen molar-refractivity contribution in [2.45, 2.75) is 18.1 Å². The van der Waals surface area contributed by atoms with Crippen LogP contribution in [-0.2, 0) is 0 Å². The minimum absolute atomic E-state index is 0.149. The van der Waals surface area contributed by atoms with Crippen LogP contribution in [0.1, 0.15) is 23.2 Å². The van der Waals surface area contributed by atoms with Crippen LogP contribution >= 0.6 is 27.7 Å². The van der Waals surface area contributed by atoms with Crippen molar-refractivity contribution in [3.63, 3.8) is 0 Å². The number of carbonyl (C=O) groups excluding carboxylic acids is 1. The third-order valence-corrected chi connectivity index (χ3v) is 4.74. The van der Waals surface area contributed by atoms with Crippen LogP contribution in [0.15, 0.2) is 22.7 Å². The van der Waals surface area contributed by atoms with E-state index in [1.165, 1.54) is 30.4 Å². The van der Waals surface area contributed by atoms with Crippen LogP contribution in [0.2, 0.25) is 0 Å². The molecule has 2 rings (SSSR count). The zero-order valence-corrected chi connectivity index (χ0v) is 11.6. The van der Waals surface area contributed by atoms with Gasteiger partial charge >= 0.3 is 0 Å². The molecule has 1 aromatic carbocycles. The normalized spacial score (nSPS) is 19.3. The van der Waals surface area contributed by atoms with Crippen molar-refractivity contribution in [3.8, 4) is 0 Å². The van der Waals surface area contributed by atoms with Crippen molar-refractivity contribution < 1.29 is 9.18 Å². The highest BCUT2D eigenvalue weighted by Crippen LogP contribution is 2.25. The van der Waals surface area contributed by atoms with Gasteiger partial charge in [-0.15, -0.1) is 0 Å². The molecule has 2 nitrogen and oxygen atoms in total. The zero-order valence-electron chi connectivity index (χ0n) is 9.21. The lowest BCUT2D eigenvalue weighted by Gasteiger charge is -2.11. The fraction of sp³-hybridized carbons (Fsp3) is 0.417. The Morgan fingerprint density at radius 1 is 1.59 bits per heavy atom. The van der Waals surface area contributed by atoms with Gasteiger partial charge < -0.3 is 5.32 Å². The molecular weight excluding hydrogens is 305 g/mol. The van der Waals surface area contributed by atoms with E-state index in [1.807, 2.05) is 11.8 Å². The van der Waals surface area contributed by atoms with Crippen molar-refractivity contribution >= 4 is 33.6 Å². The van der Waals surface area contributed by atoms with Gasteiger partial charge in [-0.25, -0.2) is 4.39 Å². The Morgan fingerprint density at radius 2 is 2.41 bits per heavy atom. The van der Waals surface area contributed by atoms with Gasteiger partial charge in [0.2, 0.25) is 0 Å². The molecule has 1 unspecified atom stereocenters. The van der Waals surface area contributed by atoms with E-state index in [2.05, 4.69) is 21.2 Å². The van der Waals surface area contributed by atoms with Gasteiger partial charge in [-0.2, -0.15) is 11.8 Å². The molecule has 0 aromatic heterocycles. The van der Waals surface area contributed by atoms with Crippen LogP contribution in [0.5, 0.6) is 0 Å². The Bertz CT molecular complexity index is 421. The van der Waals surface area contributed by atoms with Crippen LogP contribution in [0, 0.1) is 5.82 Å². The van der Waals surface area contributed by atoms with E-state index in [9.17, 15) is 9.18 Å². The highest BCUT2D eigenvalue weighted by Gasteiger charge is 2.17. The van der Waals surface area contributed by atoms with Crippen molar-refractivity contribution in [3.05, 3.63) is 34.1 Å². The Labute approximate surface area is 112 Å². The molecule has 0 radical (unpaired) electrons. The van der Waals surface area contributed by atoms with E-state index in [0.717, 1.165) is 6.42 Å². The van der Waals surface area contributed by atoms with Crippen LogP contribution in [-0.4, -0.2) is 23.5 Å². The number of thioether (sulfide) groups is 1. The maximum absolute atomic E-state index is 12.9. The molecule has 0 bridgehead atoms. The first-order chi connectivity index (χ1) is 8.16. The summed E-state index contributed by atoms with van der Waals surface area (Å²) in [6.07, 6.45) is 2.39. The molecule has 1 aliphatic rings. The Balaban J connectivity index is 1.94. The van der Waals surface area contributed by atoms with Gasteiger partial charge in [0.1, 0.15) is 5.82 Å². The fourth-order valence-corrected chi connectivity index (χ4v) is 3.51. The number of amides is 1. The number of halogens is 2. The summed E-state index contributed by atoms with van der Waals surface area (Å²) < 4.78 is 13.4. The van der Waals surface area contributed by atoms with Crippen LogP contribution in [0.25, 0.3) is 0 Å². The summed E-state index contributed by atoms with van der Waals surface area (Å²) in [5.74, 6) is 0.685. The summed E-state index contributed by atoms with van der Waals surface area (Å²) in [5.41, 5.74) is 0.481. The first kappa shape index (κ1) is 12.9. The van der Waals surface area contributed by atoms with Gasteiger partial charge in [0.05, 0.1) is 5.56 Å². The fourth-order valence-electron chi connectivity index (χ4n) is 1.78. The predicted molar refractivity (Wildman–Crippen MR) is 71.9 cm³/mol. The summed E-state index contributed by atoms with van der Waals surface area (Å²) in [6.45, 7) is 0.688. The minimum atomic E-state index is -0.347. The van der Waals surface area contributed by atoms with Crippen LogP contribution in [0.3, 0.4) is 0 Å². The molecule has 1 atom stereocenters. The third-order valence-electron chi connectivity index (χ3n) is 2.69. The van der Waals surface area contributed by atoms with E-state index < -0.39 is 0 Å². The largest absolute Gasteiger partial charge is 0.351 e. The summed E-state index contributed by atoms with van der Waals surface area (Å²) in [5, 5.41) is 3.42. The minimum Gasteiger partial charge on any atom is -0.351 e. The molecular formula is C12H13BrFNOS. The smallest absolute Gasteiger partial charge is 0.252 e. The van der Waals surface area contributed by atoms with E-state index in [0.29, 0.717) is 21.8 Å². The molecule has 1 fully saturated rings. The molecule has 1 amide bonds. The van der Waals surface area contributed by atoms with Gasteiger partial charge in [0, 0.05) is 16.3 Å². The number of rotatable bonds is 3. The summed E-state index contributed by atoms with van der Waals surface area (Å²) in [4.78, 5) is 11.9. The number of nitrogens with one attached hydrogen (secondary N) is 1. The molecule has 1 saturated heterocycles. The van der Waals surface area contributed by atoms with E-state index in [4.69, 9.17) is 0 Å². The topological polar surface area (TPSA) is 29.1 Å². The molecule has 1 aliphatic heterocycles. The summed E-state index contributed by atoms with van der Waals surface area (Å²) in [6, 6.07) is 4.10. The van der Waals surface area contributed by atoms with Crippen molar-refractivity contribution in [1.29, 1.82) is 0 Å². The molecule has 0 spiro atoms. The molecule has 17 heavy (non-hydrogen) atoms. The lowest BCUT2D eigenvalue weighted by Crippen LogP contribution is -2.29. The quantitative estimate of drug-likeness (QED) is 0.927. The Hall–Kier alpha value is -0.550. The lowest BCUT2D eigenvalue weighted by molar-refractivity contribution is 0.0953. The van der Waals surface area contributed by atoms with Crippen molar-refractivity contribution in [2.75, 3.05) is 12.3 Å². The second-order valence-corrected chi connectivity index (χ2v) is 6.23. The van der Waals surface area contributed by atoms with E-state index in [-0.39, 0.29) is 11.7 Å². The first-order valence-electron chi connectivity index (χ1n) is 5.51. The maximum Gasteiger partial charge on any atom is 0.252 e. The molecule has 1 heterocycles. The van der Waals surface area contributed by atoms with E-state index in [1.54, 1.807) is 0 Å². The highest BCUT2D eigenvalue weighted by molar-refractivity contribution is 9.10. The van der Waals surface area contributed by atoms with Gasteiger partial charge in [-0.1, -0.05) is 0 Å². The van der Waals surface area contributed by atoms with E-state index >= 15 is 0 Å². The lowest BCUT2D eigenvalue weighted by atomic mass is 10.2. The molecule has 0 saturated carbocycles. The number of hydrogen-bond donors (Lipinski definition) is 1. The maximum atomic E-state index is 12.9. The summed E-state index contributed by atoms with van der Waals surface area (Å²) >= 11 is 5.09. The average Bonchev–Trinajstić information content (AvgIpc) is 2.78. The second-order valence-electron chi connectivity index (χ2n) is 3.97. The van der Waals surface area contributed by atoms with Crippen molar-refractivity contribution in [2.24, 2.45) is 0 Å². The average molecular weight is 318 g/mol. The Kier molecular flexibility index (Phi) is 4.45.